The van der Waals surface area contributed by atoms with Crippen molar-refractivity contribution in [3.8, 4) is 0 Å². The molecule has 4 rings (SSSR count). The van der Waals surface area contributed by atoms with Crippen molar-refractivity contribution in [2.75, 3.05) is 19.7 Å². The summed E-state index contributed by atoms with van der Waals surface area (Å²) in [4.78, 5) is 16.0. The maximum absolute atomic E-state index is 12.8. The first-order valence-electron chi connectivity index (χ1n) is 8.54. The number of thiophene rings is 1. The number of morpholine rings is 1. The third-order valence-electron chi connectivity index (χ3n) is 4.88. The van der Waals surface area contributed by atoms with Crippen LogP contribution in [0.1, 0.15) is 65.2 Å². The third-order valence-corrected chi connectivity index (χ3v) is 5.97. The number of aromatic nitrogens is 4. The minimum Gasteiger partial charge on any atom is -0.366 e. The Labute approximate surface area is 144 Å². The molecule has 7 nitrogen and oxygen atoms in total. The maximum Gasteiger partial charge on any atom is 0.254 e. The Balaban J connectivity index is 1.44. The molecule has 0 spiro atoms. The van der Waals surface area contributed by atoms with Crippen molar-refractivity contribution in [3.63, 3.8) is 0 Å². The number of hydrogen-bond acceptors (Lipinski definition) is 6. The van der Waals surface area contributed by atoms with Gasteiger partial charge < -0.3 is 9.64 Å². The zero-order valence-corrected chi connectivity index (χ0v) is 14.3. The lowest BCUT2D eigenvalue weighted by Gasteiger charge is -2.31. The van der Waals surface area contributed by atoms with Gasteiger partial charge in [-0.15, -0.1) is 21.5 Å². The Morgan fingerprint density at radius 1 is 1.33 bits per heavy atom. The lowest BCUT2D eigenvalue weighted by molar-refractivity contribution is -0.0267. The van der Waals surface area contributed by atoms with Crippen LogP contribution in [0.4, 0.5) is 0 Å². The molecule has 1 saturated heterocycles. The van der Waals surface area contributed by atoms with E-state index in [1.807, 2.05) is 10.3 Å². The van der Waals surface area contributed by atoms with Gasteiger partial charge in [-0.2, -0.15) is 5.21 Å². The van der Waals surface area contributed by atoms with Crippen LogP contribution >= 0.6 is 11.3 Å². The average Bonchev–Trinajstić information content (AvgIpc) is 3.34. The van der Waals surface area contributed by atoms with Crippen LogP contribution in [0.15, 0.2) is 11.4 Å². The molecule has 128 valence electrons. The molecule has 0 aromatic carbocycles. The number of H-pyrrole nitrogens is 1. The van der Waals surface area contributed by atoms with Crippen LogP contribution in [0.3, 0.4) is 0 Å². The summed E-state index contributed by atoms with van der Waals surface area (Å²) in [5.41, 5.74) is 0.800. The molecule has 1 atom stereocenters. The predicted octanol–water partition coefficient (Wildman–Crippen LogP) is 2.52. The first kappa shape index (κ1) is 15.7. The van der Waals surface area contributed by atoms with E-state index >= 15 is 0 Å². The highest BCUT2D eigenvalue weighted by Crippen LogP contribution is 2.36. The normalized spacial score (nSPS) is 22.7. The summed E-state index contributed by atoms with van der Waals surface area (Å²) in [5.74, 6) is 1.22. The van der Waals surface area contributed by atoms with E-state index in [9.17, 15) is 4.79 Å². The van der Waals surface area contributed by atoms with Crippen LogP contribution in [-0.2, 0) is 4.74 Å². The summed E-state index contributed by atoms with van der Waals surface area (Å²) < 4.78 is 5.66. The van der Waals surface area contributed by atoms with E-state index in [2.05, 4.69) is 26.7 Å². The lowest BCUT2D eigenvalue weighted by atomic mass is 9.88. The molecular weight excluding hydrogens is 326 g/mol. The Morgan fingerprint density at radius 3 is 3.00 bits per heavy atom. The van der Waals surface area contributed by atoms with Crippen molar-refractivity contribution in [1.82, 2.24) is 25.5 Å². The summed E-state index contributed by atoms with van der Waals surface area (Å²) in [6.45, 7) is 1.55. The predicted molar refractivity (Wildman–Crippen MR) is 88.9 cm³/mol. The van der Waals surface area contributed by atoms with Crippen LogP contribution in [0, 0.1) is 0 Å². The van der Waals surface area contributed by atoms with Crippen LogP contribution in [0.5, 0.6) is 0 Å². The zero-order chi connectivity index (χ0) is 16.4. The minimum atomic E-state index is -0.307. The molecule has 1 N–H and O–H groups in total. The Hall–Kier alpha value is -1.80. The number of tetrazole rings is 1. The fourth-order valence-electron chi connectivity index (χ4n) is 3.54. The van der Waals surface area contributed by atoms with Crippen molar-refractivity contribution >= 4 is 17.2 Å². The second-order valence-electron chi connectivity index (χ2n) is 6.45. The van der Waals surface area contributed by atoms with Crippen molar-refractivity contribution in [2.24, 2.45) is 0 Å². The van der Waals surface area contributed by atoms with Crippen LogP contribution in [0.2, 0.25) is 0 Å². The van der Waals surface area contributed by atoms with Crippen LogP contribution < -0.4 is 0 Å². The number of aromatic amines is 1. The van der Waals surface area contributed by atoms with Crippen molar-refractivity contribution in [1.29, 1.82) is 0 Å². The molecule has 1 unspecified atom stereocenters. The monoisotopic (exact) mass is 347 g/mol. The molecule has 1 aliphatic carbocycles. The largest absolute Gasteiger partial charge is 0.366 e. The second kappa shape index (κ2) is 6.98. The average molecular weight is 347 g/mol. The van der Waals surface area contributed by atoms with Gasteiger partial charge in [0.25, 0.3) is 5.91 Å². The third kappa shape index (κ3) is 3.21. The van der Waals surface area contributed by atoms with Gasteiger partial charge in [-0.1, -0.05) is 24.5 Å². The van der Waals surface area contributed by atoms with Crippen molar-refractivity contribution in [2.45, 2.75) is 44.1 Å². The number of ether oxygens (including phenoxy) is 1. The Kier molecular flexibility index (Phi) is 4.57. The molecule has 24 heavy (non-hydrogen) atoms. The van der Waals surface area contributed by atoms with E-state index in [-0.39, 0.29) is 12.0 Å². The fraction of sp³-hybridized carbons (Fsp3) is 0.625. The molecular formula is C16H21N5O2S. The number of amides is 1. The zero-order valence-electron chi connectivity index (χ0n) is 13.5. The number of nitrogens with one attached hydrogen (secondary N) is 1. The highest BCUT2D eigenvalue weighted by molar-refractivity contribution is 7.10. The second-order valence-corrected chi connectivity index (χ2v) is 7.40. The molecule has 0 bridgehead atoms. The minimum absolute atomic E-state index is 0.0742. The molecule has 1 aliphatic heterocycles. The van der Waals surface area contributed by atoms with E-state index in [1.54, 1.807) is 11.3 Å². The number of rotatable bonds is 3. The molecule has 3 heterocycles. The first-order chi connectivity index (χ1) is 11.8. The summed E-state index contributed by atoms with van der Waals surface area (Å²) in [5, 5.41) is 15.9. The number of hydrogen-bond donors (Lipinski definition) is 1. The van der Waals surface area contributed by atoms with Gasteiger partial charge in [0.1, 0.15) is 6.10 Å². The van der Waals surface area contributed by atoms with Gasteiger partial charge >= 0.3 is 0 Å². The van der Waals surface area contributed by atoms with Gasteiger partial charge in [-0.3, -0.25) is 4.79 Å². The Bertz CT molecular complexity index is 680. The van der Waals surface area contributed by atoms with Gasteiger partial charge in [-0.25, -0.2) is 0 Å². The molecule has 2 aromatic rings. The van der Waals surface area contributed by atoms with E-state index < -0.39 is 0 Å². The van der Waals surface area contributed by atoms with E-state index in [1.165, 1.54) is 37.0 Å². The quantitative estimate of drug-likeness (QED) is 0.922. The number of carbonyl (C=O) groups excluding carboxylic acids is 1. The summed E-state index contributed by atoms with van der Waals surface area (Å²) in [6.07, 6.45) is 6.16. The molecule has 1 saturated carbocycles. The summed E-state index contributed by atoms with van der Waals surface area (Å²) >= 11 is 1.73. The van der Waals surface area contributed by atoms with Crippen molar-refractivity contribution in [3.05, 3.63) is 27.7 Å². The van der Waals surface area contributed by atoms with Crippen molar-refractivity contribution < 1.29 is 9.53 Å². The maximum atomic E-state index is 12.8. The van der Waals surface area contributed by atoms with Crippen LogP contribution in [-0.4, -0.2) is 51.1 Å². The molecule has 2 fully saturated rings. The fourth-order valence-corrected chi connectivity index (χ4v) is 4.60. The summed E-state index contributed by atoms with van der Waals surface area (Å²) in [7, 11) is 0. The number of nitrogens with zero attached hydrogens (tertiary/aromatic N) is 4. The van der Waals surface area contributed by atoms with Gasteiger partial charge in [0.05, 0.1) is 18.7 Å². The molecule has 1 amide bonds. The summed E-state index contributed by atoms with van der Waals surface area (Å²) in [6, 6.07) is 2.10. The topological polar surface area (TPSA) is 84.0 Å². The van der Waals surface area contributed by atoms with Gasteiger partial charge in [0.15, 0.2) is 0 Å². The van der Waals surface area contributed by atoms with E-state index in [0.29, 0.717) is 31.4 Å². The molecule has 0 radical (unpaired) electrons. The lowest BCUT2D eigenvalue weighted by Crippen LogP contribution is -2.42. The highest BCUT2D eigenvalue weighted by atomic mass is 32.1. The Morgan fingerprint density at radius 2 is 2.21 bits per heavy atom. The molecule has 2 aliphatic rings. The molecule has 2 aromatic heterocycles. The van der Waals surface area contributed by atoms with E-state index in [4.69, 9.17) is 4.74 Å². The van der Waals surface area contributed by atoms with Gasteiger partial charge in [0, 0.05) is 16.8 Å². The highest BCUT2D eigenvalue weighted by Gasteiger charge is 2.29. The standard InChI is InChI=1S/C16H21N5O2S/c22-16(12-8-14(24-10-12)11-4-2-1-3-5-11)21-6-7-23-13(9-21)15-17-19-20-18-15/h8,10-11,13H,1-7,9H2,(H,17,18,19,20). The molecule has 8 heteroatoms. The van der Waals surface area contributed by atoms with E-state index in [0.717, 1.165) is 5.56 Å². The van der Waals surface area contributed by atoms with Crippen LogP contribution in [0.25, 0.3) is 0 Å². The first-order valence-corrected chi connectivity index (χ1v) is 9.42. The number of carbonyl (C=O) groups is 1. The smallest absolute Gasteiger partial charge is 0.254 e. The van der Waals surface area contributed by atoms with Gasteiger partial charge in [-0.05, 0) is 24.8 Å². The SMILES string of the molecule is O=C(c1csc(C2CCCCC2)c1)N1CCOC(c2nn[nH]n2)C1. The van der Waals surface area contributed by atoms with Gasteiger partial charge in [0.2, 0.25) is 5.82 Å².